The van der Waals surface area contributed by atoms with Crippen LogP contribution in [0.15, 0.2) is 30.5 Å². The molecule has 0 aliphatic carbocycles. The molecule has 3 unspecified atom stereocenters. The molecule has 32 heavy (non-hydrogen) atoms. The first kappa shape index (κ1) is 24.3. The standard InChI is InChI=1S/C20H26N6O6/c1-10(21)18(29)24-9-17(28)25-14(19(30)26-15(20(31)32)7-16(22)27)6-11-8-23-13-5-3-2-4-12(11)13/h2-5,8,10,14-15,23H,6-7,9,21H2,1H3,(H2,22,27)(H,24,29)(H,25,28)(H,26,30)(H,31,32). The Balaban J connectivity index is 2.20. The van der Waals surface area contributed by atoms with E-state index in [2.05, 4.69) is 20.9 Å². The molecule has 3 atom stereocenters. The molecule has 1 aromatic carbocycles. The quantitative estimate of drug-likeness (QED) is 0.208. The summed E-state index contributed by atoms with van der Waals surface area (Å²) >= 11 is 0. The molecule has 9 N–H and O–H groups in total. The maximum Gasteiger partial charge on any atom is 0.326 e. The molecular formula is C20H26N6O6. The van der Waals surface area contributed by atoms with Crippen LogP contribution in [0, 0.1) is 0 Å². The number of aromatic amines is 1. The average Bonchev–Trinajstić information content (AvgIpc) is 3.13. The van der Waals surface area contributed by atoms with Gasteiger partial charge >= 0.3 is 5.97 Å². The van der Waals surface area contributed by atoms with Crippen LogP contribution in [0.25, 0.3) is 10.9 Å². The molecule has 0 saturated carbocycles. The first-order chi connectivity index (χ1) is 15.1. The highest BCUT2D eigenvalue weighted by atomic mass is 16.4. The highest BCUT2D eigenvalue weighted by Gasteiger charge is 2.28. The van der Waals surface area contributed by atoms with Gasteiger partial charge in [-0.3, -0.25) is 19.2 Å². The van der Waals surface area contributed by atoms with Gasteiger partial charge < -0.3 is 37.5 Å². The Morgan fingerprint density at radius 3 is 2.38 bits per heavy atom. The van der Waals surface area contributed by atoms with Crippen molar-refractivity contribution in [2.75, 3.05) is 6.54 Å². The predicted molar refractivity (Wildman–Crippen MR) is 114 cm³/mol. The van der Waals surface area contributed by atoms with E-state index in [1.807, 2.05) is 24.3 Å². The smallest absolute Gasteiger partial charge is 0.326 e. The summed E-state index contributed by atoms with van der Waals surface area (Å²) in [5.41, 5.74) is 12.0. The van der Waals surface area contributed by atoms with E-state index in [1.165, 1.54) is 6.92 Å². The predicted octanol–water partition coefficient (Wildman–Crippen LogP) is -1.90. The molecule has 0 aliphatic heterocycles. The monoisotopic (exact) mass is 446 g/mol. The first-order valence-electron chi connectivity index (χ1n) is 9.77. The number of rotatable bonds is 11. The van der Waals surface area contributed by atoms with Crippen molar-refractivity contribution in [3.05, 3.63) is 36.0 Å². The summed E-state index contributed by atoms with van der Waals surface area (Å²) < 4.78 is 0. The molecule has 0 aliphatic rings. The number of aromatic nitrogens is 1. The molecule has 0 radical (unpaired) electrons. The van der Waals surface area contributed by atoms with E-state index < -0.39 is 60.7 Å². The Morgan fingerprint density at radius 1 is 1.06 bits per heavy atom. The van der Waals surface area contributed by atoms with Crippen molar-refractivity contribution < 1.29 is 29.1 Å². The molecule has 2 rings (SSSR count). The summed E-state index contributed by atoms with van der Waals surface area (Å²) in [5.74, 6) is -4.41. The van der Waals surface area contributed by atoms with E-state index in [-0.39, 0.29) is 6.42 Å². The highest BCUT2D eigenvalue weighted by molar-refractivity contribution is 5.94. The summed E-state index contributed by atoms with van der Waals surface area (Å²) in [4.78, 5) is 62.3. The zero-order chi connectivity index (χ0) is 23.8. The summed E-state index contributed by atoms with van der Waals surface area (Å²) in [6, 6.07) is 3.74. The second-order valence-electron chi connectivity index (χ2n) is 7.26. The van der Waals surface area contributed by atoms with Crippen molar-refractivity contribution in [3.8, 4) is 0 Å². The Morgan fingerprint density at radius 2 is 1.75 bits per heavy atom. The van der Waals surface area contributed by atoms with Gasteiger partial charge in [-0.05, 0) is 18.6 Å². The van der Waals surface area contributed by atoms with Crippen molar-refractivity contribution in [1.29, 1.82) is 0 Å². The number of hydrogen-bond donors (Lipinski definition) is 7. The van der Waals surface area contributed by atoms with Crippen LogP contribution < -0.4 is 27.4 Å². The zero-order valence-corrected chi connectivity index (χ0v) is 17.4. The van der Waals surface area contributed by atoms with Gasteiger partial charge in [0.2, 0.25) is 23.6 Å². The number of para-hydroxylation sites is 1. The molecule has 2 aromatic rings. The fourth-order valence-electron chi connectivity index (χ4n) is 2.98. The van der Waals surface area contributed by atoms with Crippen molar-refractivity contribution in [3.63, 3.8) is 0 Å². The van der Waals surface area contributed by atoms with Gasteiger partial charge in [-0.15, -0.1) is 0 Å². The molecule has 1 aromatic heterocycles. The van der Waals surface area contributed by atoms with E-state index in [4.69, 9.17) is 11.5 Å². The number of carboxylic acids is 1. The van der Waals surface area contributed by atoms with Crippen molar-refractivity contribution in [2.45, 2.75) is 37.9 Å². The summed E-state index contributed by atoms with van der Waals surface area (Å²) in [6.45, 7) is 1.02. The van der Waals surface area contributed by atoms with E-state index in [0.29, 0.717) is 5.56 Å². The number of nitrogens with two attached hydrogens (primary N) is 2. The average molecular weight is 446 g/mol. The third kappa shape index (κ3) is 6.80. The lowest BCUT2D eigenvalue weighted by Gasteiger charge is -2.21. The molecule has 0 saturated heterocycles. The summed E-state index contributed by atoms with van der Waals surface area (Å²) in [5, 5.41) is 17.1. The largest absolute Gasteiger partial charge is 0.480 e. The fourth-order valence-corrected chi connectivity index (χ4v) is 2.98. The minimum atomic E-state index is -1.56. The van der Waals surface area contributed by atoms with Gasteiger partial charge in [0, 0.05) is 23.5 Å². The lowest BCUT2D eigenvalue weighted by molar-refractivity contribution is -0.143. The third-order valence-electron chi connectivity index (χ3n) is 4.61. The molecule has 0 spiro atoms. The third-order valence-corrected chi connectivity index (χ3v) is 4.61. The van der Waals surface area contributed by atoms with Crippen LogP contribution in [0.1, 0.15) is 18.9 Å². The van der Waals surface area contributed by atoms with Gasteiger partial charge in [0.05, 0.1) is 19.0 Å². The van der Waals surface area contributed by atoms with Crippen LogP contribution in [-0.2, 0) is 30.4 Å². The van der Waals surface area contributed by atoms with Gasteiger partial charge in [-0.25, -0.2) is 4.79 Å². The number of hydrogen-bond acceptors (Lipinski definition) is 6. The van der Waals surface area contributed by atoms with Gasteiger partial charge in [-0.2, -0.15) is 0 Å². The van der Waals surface area contributed by atoms with Crippen LogP contribution >= 0.6 is 0 Å². The highest BCUT2D eigenvalue weighted by Crippen LogP contribution is 2.19. The molecule has 172 valence electrons. The maximum atomic E-state index is 12.8. The van der Waals surface area contributed by atoms with Crippen LogP contribution in [0.3, 0.4) is 0 Å². The van der Waals surface area contributed by atoms with E-state index >= 15 is 0 Å². The molecule has 1 heterocycles. The number of aliphatic carboxylic acids is 1. The van der Waals surface area contributed by atoms with Gasteiger partial charge in [0.1, 0.15) is 12.1 Å². The van der Waals surface area contributed by atoms with E-state index in [1.54, 1.807) is 6.20 Å². The van der Waals surface area contributed by atoms with Crippen LogP contribution in [-0.4, -0.2) is 64.4 Å². The lowest BCUT2D eigenvalue weighted by atomic mass is 10.0. The Kier molecular flexibility index (Phi) is 8.30. The van der Waals surface area contributed by atoms with Crippen LogP contribution in [0.4, 0.5) is 0 Å². The molecule has 12 heteroatoms. The lowest BCUT2D eigenvalue weighted by Crippen LogP contribution is -2.54. The number of primary amides is 1. The number of fused-ring (bicyclic) bond motifs is 1. The molecular weight excluding hydrogens is 420 g/mol. The fraction of sp³-hybridized carbons (Fsp3) is 0.350. The van der Waals surface area contributed by atoms with Crippen LogP contribution in [0.5, 0.6) is 0 Å². The molecule has 12 nitrogen and oxygen atoms in total. The number of amides is 4. The van der Waals surface area contributed by atoms with E-state index in [9.17, 15) is 29.1 Å². The molecule has 4 amide bonds. The second kappa shape index (κ2) is 10.9. The number of carbonyl (C=O) groups excluding carboxylic acids is 4. The number of nitrogens with one attached hydrogen (secondary N) is 4. The van der Waals surface area contributed by atoms with Gasteiger partial charge in [0.15, 0.2) is 0 Å². The Labute approximate surface area is 183 Å². The topological polar surface area (TPSA) is 209 Å². The molecule has 0 bridgehead atoms. The first-order valence-corrected chi connectivity index (χ1v) is 9.77. The minimum Gasteiger partial charge on any atom is -0.480 e. The summed E-state index contributed by atoms with van der Waals surface area (Å²) in [6.07, 6.45) is 1.08. The van der Waals surface area contributed by atoms with Crippen LogP contribution in [0.2, 0.25) is 0 Å². The molecule has 0 fully saturated rings. The van der Waals surface area contributed by atoms with Crippen molar-refractivity contribution >= 4 is 40.5 Å². The maximum absolute atomic E-state index is 12.8. The zero-order valence-electron chi connectivity index (χ0n) is 17.4. The number of carboxylic acid groups (broad SMARTS) is 1. The SMILES string of the molecule is CC(N)C(=O)NCC(=O)NC(Cc1c[nH]c2ccccc12)C(=O)NC(CC(N)=O)C(=O)O. The normalized spacial score (nSPS) is 13.6. The number of carbonyl (C=O) groups is 5. The van der Waals surface area contributed by atoms with E-state index in [0.717, 1.165) is 10.9 Å². The van der Waals surface area contributed by atoms with Gasteiger partial charge in [0.25, 0.3) is 0 Å². The number of H-pyrrole nitrogens is 1. The Hall–Kier alpha value is -3.93. The van der Waals surface area contributed by atoms with Crippen molar-refractivity contribution in [2.24, 2.45) is 11.5 Å². The Bertz CT molecular complexity index is 1020. The second-order valence-corrected chi connectivity index (χ2v) is 7.26. The number of benzene rings is 1. The summed E-state index contributed by atoms with van der Waals surface area (Å²) in [7, 11) is 0. The minimum absolute atomic E-state index is 0.0196. The van der Waals surface area contributed by atoms with Crippen molar-refractivity contribution in [1.82, 2.24) is 20.9 Å². The van der Waals surface area contributed by atoms with Gasteiger partial charge in [-0.1, -0.05) is 18.2 Å².